The molecule has 1 unspecified atom stereocenters. The van der Waals surface area contributed by atoms with Crippen molar-refractivity contribution in [2.75, 3.05) is 5.75 Å². The minimum Gasteiger partial charge on any atom is -0.420 e. The van der Waals surface area contributed by atoms with Gasteiger partial charge in [0.1, 0.15) is 0 Å². The highest BCUT2D eigenvalue weighted by Gasteiger charge is 2.29. The molecule has 0 saturated heterocycles. The SMILES string of the molecule is CC(=O)SCC(C)C(=O)Oc1c(F)c(F)c(F)c(F)c1F. The van der Waals surface area contributed by atoms with Gasteiger partial charge in [-0.25, -0.2) is 13.2 Å². The lowest BCUT2D eigenvalue weighted by atomic mass is 10.2. The molecule has 1 aromatic carbocycles. The molecule has 1 atom stereocenters. The monoisotopic (exact) mass is 328 g/mol. The van der Waals surface area contributed by atoms with Crippen LogP contribution in [-0.2, 0) is 9.59 Å². The van der Waals surface area contributed by atoms with Crippen molar-refractivity contribution < 1.29 is 36.3 Å². The van der Waals surface area contributed by atoms with Crippen molar-refractivity contribution in [1.82, 2.24) is 0 Å². The van der Waals surface area contributed by atoms with Gasteiger partial charge in [-0.1, -0.05) is 18.7 Å². The first-order valence-electron chi connectivity index (χ1n) is 5.53. The van der Waals surface area contributed by atoms with Crippen LogP contribution in [0.4, 0.5) is 22.0 Å². The average Bonchev–Trinajstić information content (AvgIpc) is 2.44. The Hall–Kier alpha value is -1.64. The summed E-state index contributed by atoms with van der Waals surface area (Å²) in [6, 6.07) is 0. The van der Waals surface area contributed by atoms with E-state index in [4.69, 9.17) is 0 Å². The first-order valence-corrected chi connectivity index (χ1v) is 6.51. The molecule has 0 aliphatic rings. The molecule has 0 aromatic heterocycles. The normalized spacial score (nSPS) is 12.1. The number of ether oxygens (including phenoxy) is 1. The van der Waals surface area contributed by atoms with E-state index in [-0.39, 0.29) is 10.9 Å². The van der Waals surface area contributed by atoms with Gasteiger partial charge in [0.05, 0.1) is 5.92 Å². The molecule has 1 aromatic rings. The Balaban J connectivity index is 2.98. The second kappa shape index (κ2) is 6.88. The highest BCUT2D eigenvalue weighted by molar-refractivity contribution is 8.13. The van der Waals surface area contributed by atoms with Crippen molar-refractivity contribution in [3.63, 3.8) is 0 Å². The van der Waals surface area contributed by atoms with Gasteiger partial charge in [0.2, 0.25) is 34.8 Å². The standard InChI is InChI=1S/C12H9F5O3S/c1-4(3-21-5(2)18)12(19)20-11-9(16)7(14)6(13)8(15)10(11)17/h4H,3H2,1-2H3. The number of thioether (sulfide) groups is 1. The van der Waals surface area contributed by atoms with Crippen LogP contribution in [0.25, 0.3) is 0 Å². The molecule has 0 bridgehead atoms. The van der Waals surface area contributed by atoms with E-state index in [1.54, 1.807) is 0 Å². The van der Waals surface area contributed by atoms with Gasteiger partial charge in [-0.05, 0) is 0 Å². The maximum absolute atomic E-state index is 13.3. The van der Waals surface area contributed by atoms with Gasteiger partial charge in [0.15, 0.2) is 5.12 Å². The van der Waals surface area contributed by atoms with Gasteiger partial charge in [0.25, 0.3) is 0 Å². The van der Waals surface area contributed by atoms with E-state index in [0.29, 0.717) is 0 Å². The number of esters is 1. The van der Waals surface area contributed by atoms with E-state index < -0.39 is 46.7 Å². The molecule has 0 fully saturated rings. The van der Waals surface area contributed by atoms with Crippen LogP contribution in [0.15, 0.2) is 0 Å². The summed E-state index contributed by atoms with van der Waals surface area (Å²) in [5.41, 5.74) is 0. The van der Waals surface area contributed by atoms with E-state index in [9.17, 15) is 31.5 Å². The molecule has 3 nitrogen and oxygen atoms in total. The van der Waals surface area contributed by atoms with E-state index in [2.05, 4.69) is 4.74 Å². The average molecular weight is 328 g/mol. The van der Waals surface area contributed by atoms with Crippen LogP contribution in [0.2, 0.25) is 0 Å². The van der Waals surface area contributed by atoms with Gasteiger partial charge >= 0.3 is 5.97 Å². The molecule has 0 heterocycles. The Morgan fingerprint density at radius 1 is 1.00 bits per heavy atom. The lowest BCUT2D eigenvalue weighted by molar-refractivity contribution is -0.138. The first kappa shape index (κ1) is 17.4. The van der Waals surface area contributed by atoms with Gasteiger partial charge in [-0.2, -0.15) is 8.78 Å². The minimum atomic E-state index is -2.34. The van der Waals surface area contributed by atoms with Crippen molar-refractivity contribution in [3.05, 3.63) is 29.1 Å². The van der Waals surface area contributed by atoms with Crippen molar-refractivity contribution in [1.29, 1.82) is 0 Å². The topological polar surface area (TPSA) is 43.4 Å². The van der Waals surface area contributed by atoms with Crippen LogP contribution in [0.1, 0.15) is 13.8 Å². The molecule has 9 heteroatoms. The molecule has 0 N–H and O–H groups in total. The fraction of sp³-hybridized carbons (Fsp3) is 0.333. The van der Waals surface area contributed by atoms with Gasteiger partial charge in [-0.3, -0.25) is 9.59 Å². The van der Waals surface area contributed by atoms with Crippen molar-refractivity contribution in [3.8, 4) is 5.75 Å². The highest BCUT2D eigenvalue weighted by atomic mass is 32.2. The Bertz CT molecular complexity index is 562. The van der Waals surface area contributed by atoms with Crippen LogP contribution in [0, 0.1) is 35.0 Å². The summed E-state index contributed by atoms with van der Waals surface area (Å²) in [5, 5.41) is -0.300. The fourth-order valence-corrected chi connectivity index (χ4v) is 1.81. The number of hydrogen-bond donors (Lipinski definition) is 0. The van der Waals surface area contributed by atoms with E-state index in [1.807, 2.05) is 0 Å². The lowest BCUT2D eigenvalue weighted by Crippen LogP contribution is -2.22. The lowest BCUT2D eigenvalue weighted by Gasteiger charge is -2.12. The number of rotatable bonds is 4. The third-order valence-electron chi connectivity index (χ3n) is 2.31. The molecule has 0 spiro atoms. The Kier molecular flexibility index (Phi) is 5.70. The number of benzene rings is 1. The first-order chi connectivity index (χ1) is 9.66. The zero-order valence-corrected chi connectivity index (χ0v) is 11.6. The third-order valence-corrected chi connectivity index (χ3v) is 3.38. The smallest absolute Gasteiger partial charge is 0.315 e. The van der Waals surface area contributed by atoms with E-state index in [0.717, 1.165) is 11.8 Å². The summed E-state index contributed by atoms with van der Waals surface area (Å²) >= 11 is 0.760. The molecular formula is C12H9F5O3S. The molecule has 0 saturated carbocycles. The quantitative estimate of drug-likeness (QED) is 0.280. The van der Waals surface area contributed by atoms with Gasteiger partial charge in [0, 0.05) is 12.7 Å². The second-order valence-electron chi connectivity index (χ2n) is 4.02. The van der Waals surface area contributed by atoms with Crippen LogP contribution < -0.4 is 4.74 Å². The molecule has 0 radical (unpaired) electrons. The molecule has 21 heavy (non-hydrogen) atoms. The molecule has 0 aliphatic carbocycles. The summed E-state index contributed by atoms with van der Waals surface area (Å²) in [5.74, 6) is -15.1. The summed E-state index contributed by atoms with van der Waals surface area (Å²) < 4.78 is 69.4. The maximum atomic E-state index is 13.3. The minimum absolute atomic E-state index is 0.0520. The predicted octanol–water partition coefficient (Wildman–Crippen LogP) is 3.20. The Labute approximate surface area is 120 Å². The van der Waals surface area contributed by atoms with E-state index in [1.165, 1.54) is 13.8 Å². The summed E-state index contributed by atoms with van der Waals surface area (Å²) in [6.07, 6.45) is 0. The third kappa shape index (κ3) is 3.93. The number of carbonyl (C=O) groups is 2. The molecule has 116 valence electrons. The highest BCUT2D eigenvalue weighted by Crippen LogP contribution is 2.29. The number of halogens is 5. The van der Waals surface area contributed by atoms with Gasteiger partial charge in [-0.15, -0.1) is 0 Å². The molecular weight excluding hydrogens is 319 g/mol. The van der Waals surface area contributed by atoms with Crippen LogP contribution in [-0.4, -0.2) is 16.8 Å². The predicted molar refractivity (Wildman–Crippen MR) is 64.2 cm³/mol. The van der Waals surface area contributed by atoms with Crippen molar-refractivity contribution in [2.24, 2.45) is 5.92 Å². The summed E-state index contributed by atoms with van der Waals surface area (Å²) in [4.78, 5) is 22.2. The molecule has 0 amide bonds. The summed E-state index contributed by atoms with van der Waals surface area (Å²) in [7, 11) is 0. The van der Waals surface area contributed by atoms with E-state index >= 15 is 0 Å². The Morgan fingerprint density at radius 2 is 1.43 bits per heavy atom. The zero-order valence-electron chi connectivity index (χ0n) is 10.8. The largest absolute Gasteiger partial charge is 0.420 e. The summed E-state index contributed by atoms with van der Waals surface area (Å²) in [6.45, 7) is 2.52. The second-order valence-corrected chi connectivity index (χ2v) is 5.22. The molecule has 0 aliphatic heterocycles. The number of hydrogen-bond acceptors (Lipinski definition) is 4. The van der Waals surface area contributed by atoms with Gasteiger partial charge < -0.3 is 4.74 Å². The van der Waals surface area contributed by atoms with Crippen molar-refractivity contribution >= 4 is 22.8 Å². The maximum Gasteiger partial charge on any atom is 0.315 e. The Morgan fingerprint density at radius 3 is 1.86 bits per heavy atom. The zero-order chi connectivity index (χ0) is 16.3. The van der Waals surface area contributed by atoms with Crippen LogP contribution in [0.5, 0.6) is 5.75 Å². The van der Waals surface area contributed by atoms with Crippen LogP contribution >= 0.6 is 11.8 Å². The fourth-order valence-electron chi connectivity index (χ4n) is 1.19. The van der Waals surface area contributed by atoms with Crippen LogP contribution in [0.3, 0.4) is 0 Å². The van der Waals surface area contributed by atoms with Crippen molar-refractivity contribution in [2.45, 2.75) is 13.8 Å². The molecule has 1 rings (SSSR count). The number of carbonyl (C=O) groups excluding carboxylic acids is 2.